The van der Waals surface area contributed by atoms with Crippen molar-refractivity contribution in [3.63, 3.8) is 0 Å². The molecule has 0 amide bonds. The number of hydrogen-bond acceptors (Lipinski definition) is 5. The van der Waals surface area contributed by atoms with Gasteiger partial charge < -0.3 is 18.9 Å². The SMILES string of the molecule is CCOC(=O)C(C)(C)Oc1ccc(C2CC2C(OC)c2ccc(OC(F)(F)F)cc2)cc1C(C)C. The lowest BCUT2D eigenvalue weighted by atomic mass is 9.95. The molecule has 0 radical (unpaired) electrons. The quantitative estimate of drug-likeness (QED) is 0.336. The fraction of sp³-hybridized carbons (Fsp3) is 0.519. The van der Waals surface area contributed by atoms with Gasteiger partial charge in [0.1, 0.15) is 11.5 Å². The molecule has 8 heteroatoms. The molecule has 0 N–H and O–H groups in total. The summed E-state index contributed by atoms with van der Waals surface area (Å²) in [6.45, 7) is 9.55. The maximum atomic E-state index is 12.4. The first-order chi connectivity index (χ1) is 16.4. The number of hydrogen-bond donors (Lipinski definition) is 0. The van der Waals surface area contributed by atoms with E-state index in [0.717, 1.165) is 23.1 Å². The number of methoxy groups -OCH3 is 1. The molecule has 1 aliphatic carbocycles. The van der Waals surface area contributed by atoms with Gasteiger partial charge in [0.15, 0.2) is 5.60 Å². The molecule has 0 saturated heterocycles. The van der Waals surface area contributed by atoms with Gasteiger partial charge in [0.05, 0.1) is 12.7 Å². The molecule has 0 spiro atoms. The third-order valence-corrected chi connectivity index (χ3v) is 6.14. The molecule has 192 valence electrons. The van der Waals surface area contributed by atoms with Gasteiger partial charge in [0.2, 0.25) is 0 Å². The van der Waals surface area contributed by atoms with Crippen molar-refractivity contribution in [1.82, 2.24) is 0 Å². The molecule has 35 heavy (non-hydrogen) atoms. The van der Waals surface area contributed by atoms with Crippen LogP contribution >= 0.6 is 0 Å². The van der Waals surface area contributed by atoms with Crippen LogP contribution in [0, 0.1) is 5.92 Å². The first-order valence-electron chi connectivity index (χ1n) is 11.7. The van der Waals surface area contributed by atoms with Gasteiger partial charge in [-0.05, 0) is 79.8 Å². The predicted octanol–water partition coefficient (Wildman–Crippen LogP) is 6.92. The molecule has 1 aliphatic rings. The number of benzene rings is 2. The van der Waals surface area contributed by atoms with Crippen LogP contribution in [0.1, 0.15) is 75.7 Å². The normalized spacial score (nSPS) is 18.8. The Balaban J connectivity index is 1.76. The van der Waals surface area contributed by atoms with E-state index in [2.05, 4.69) is 24.7 Å². The summed E-state index contributed by atoms with van der Waals surface area (Å²) in [4.78, 5) is 12.3. The van der Waals surface area contributed by atoms with E-state index in [9.17, 15) is 18.0 Å². The summed E-state index contributed by atoms with van der Waals surface area (Å²) in [5, 5.41) is 0. The van der Waals surface area contributed by atoms with Crippen LogP contribution < -0.4 is 9.47 Å². The van der Waals surface area contributed by atoms with E-state index >= 15 is 0 Å². The Morgan fingerprint density at radius 2 is 1.71 bits per heavy atom. The average molecular weight is 495 g/mol. The molecule has 2 aromatic rings. The van der Waals surface area contributed by atoms with Crippen LogP contribution in [0.2, 0.25) is 0 Å². The van der Waals surface area contributed by atoms with Crippen molar-refractivity contribution in [2.24, 2.45) is 5.92 Å². The summed E-state index contributed by atoms with van der Waals surface area (Å²) in [7, 11) is 1.61. The van der Waals surface area contributed by atoms with Crippen LogP contribution in [-0.2, 0) is 14.3 Å². The highest BCUT2D eigenvalue weighted by Gasteiger charge is 2.45. The van der Waals surface area contributed by atoms with E-state index in [1.54, 1.807) is 40.0 Å². The Hall–Kier alpha value is -2.74. The first kappa shape index (κ1) is 26.9. The highest BCUT2D eigenvalue weighted by Crippen LogP contribution is 2.56. The van der Waals surface area contributed by atoms with Gasteiger partial charge in [-0.1, -0.05) is 38.1 Å². The van der Waals surface area contributed by atoms with Crippen molar-refractivity contribution in [2.45, 2.75) is 70.9 Å². The number of esters is 1. The Bertz CT molecular complexity index is 1010. The molecule has 0 aliphatic heterocycles. The van der Waals surface area contributed by atoms with Crippen molar-refractivity contribution in [1.29, 1.82) is 0 Å². The molecule has 0 bridgehead atoms. The Kier molecular flexibility index (Phi) is 8.04. The average Bonchev–Trinajstić information content (AvgIpc) is 3.55. The highest BCUT2D eigenvalue weighted by molar-refractivity contribution is 5.79. The molecule has 3 atom stereocenters. The fourth-order valence-corrected chi connectivity index (χ4v) is 4.31. The Labute approximate surface area is 204 Å². The van der Waals surface area contributed by atoms with Gasteiger partial charge in [-0.2, -0.15) is 0 Å². The monoisotopic (exact) mass is 494 g/mol. The zero-order chi connectivity index (χ0) is 26.0. The number of ether oxygens (including phenoxy) is 4. The van der Waals surface area contributed by atoms with Crippen LogP contribution in [0.5, 0.6) is 11.5 Å². The van der Waals surface area contributed by atoms with E-state index in [0.29, 0.717) is 5.75 Å². The van der Waals surface area contributed by atoms with Crippen molar-refractivity contribution >= 4 is 5.97 Å². The number of rotatable bonds is 10. The largest absolute Gasteiger partial charge is 0.573 e. The molecule has 3 unspecified atom stereocenters. The summed E-state index contributed by atoms with van der Waals surface area (Å²) in [6, 6.07) is 11.8. The van der Waals surface area contributed by atoms with Gasteiger partial charge in [0, 0.05) is 7.11 Å². The molecule has 1 fully saturated rings. The lowest BCUT2D eigenvalue weighted by molar-refractivity contribution is -0.274. The molecule has 0 aromatic heterocycles. The molecule has 1 saturated carbocycles. The third kappa shape index (κ3) is 6.69. The molecule has 5 nitrogen and oxygen atoms in total. The Morgan fingerprint density at radius 3 is 2.26 bits per heavy atom. The molecule has 2 aromatic carbocycles. The second kappa shape index (κ2) is 10.5. The van der Waals surface area contributed by atoms with E-state index in [-0.39, 0.29) is 36.2 Å². The van der Waals surface area contributed by atoms with Gasteiger partial charge in [-0.25, -0.2) is 4.79 Å². The minimum atomic E-state index is -4.72. The minimum absolute atomic E-state index is 0.166. The van der Waals surface area contributed by atoms with E-state index in [1.165, 1.54) is 12.1 Å². The van der Waals surface area contributed by atoms with Gasteiger partial charge in [0.25, 0.3) is 0 Å². The van der Waals surface area contributed by atoms with Crippen LogP contribution in [0.3, 0.4) is 0 Å². The number of alkyl halides is 3. The maximum absolute atomic E-state index is 12.4. The van der Waals surface area contributed by atoms with Crippen molar-refractivity contribution in [3.05, 3.63) is 59.2 Å². The van der Waals surface area contributed by atoms with Crippen molar-refractivity contribution < 1.29 is 36.9 Å². The van der Waals surface area contributed by atoms with E-state index < -0.39 is 17.9 Å². The summed E-state index contributed by atoms with van der Waals surface area (Å²) in [5.41, 5.74) is 1.81. The number of carbonyl (C=O) groups is 1. The number of halogens is 3. The zero-order valence-corrected chi connectivity index (χ0v) is 20.9. The lowest BCUT2D eigenvalue weighted by Crippen LogP contribution is -2.40. The van der Waals surface area contributed by atoms with Gasteiger partial charge in [-0.15, -0.1) is 13.2 Å². The van der Waals surface area contributed by atoms with Crippen molar-refractivity contribution in [3.8, 4) is 11.5 Å². The highest BCUT2D eigenvalue weighted by atomic mass is 19.4. The van der Waals surface area contributed by atoms with Gasteiger partial charge >= 0.3 is 12.3 Å². The van der Waals surface area contributed by atoms with E-state index in [1.807, 2.05) is 12.1 Å². The molecular formula is C27H33F3O5. The molecule has 0 heterocycles. The Morgan fingerprint density at radius 1 is 1.06 bits per heavy atom. The number of carbonyl (C=O) groups excluding carboxylic acids is 1. The lowest BCUT2D eigenvalue weighted by Gasteiger charge is -2.26. The second-order valence-corrected chi connectivity index (χ2v) is 9.56. The zero-order valence-electron chi connectivity index (χ0n) is 20.9. The van der Waals surface area contributed by atoms with Crippen LogP contribution in [0.25, 0.3) is 0 Å². The van der Waals surface area contributed by atoms with Crippen molar-refractivity contribution in [2.75, 3.05) is 13.7 Å². The molecule has 3 rings (SSSR count). The predicted molar refractivity (Wildman–Crippen MR) is 126 cm³/mol. The maximum Gasteiger partial charge on any atom is 0.573 e. The van der Waals surface area contributed by atoms with Crippen LogP contribution in [-0.4, -0.2) is 31.6 Å². The third-order valence-electron chi connectivity index (χ3n) is 6.14. The molecular weight excluding hydrogens is 461 g/mol. The summed E-state index contributed by atoms with van der Waals surface area (Å²) < 4.78 is 58.3. The van der Waals surface area contributed by atoms with Gasteiger partial charge in [-0.3, -0.25) is 0 Å². The first-order valence-corrected chi connectivity index (χ1v) is 11.7. The topological polar surface area (TPSA) is 54.0 Å². The standard InChI is InChI=1S/C27H33F3O5/c1-7-33-25(31)26(4,5)35-23-13-10-18(14-20(23)16(2)3)21-15-22(21)24(32-6)17-8-11-19(12-9-17)34-27(28,29)30/h8-14,16,21-22,24H,7,15H2,1-6H3. The van der Waals surface area contributed by atoms with E-state index in [4.69, 9.17) is 14.2 Å². The summed E-state index contributed by atoms with van der Waals surface area (Å²) in [6.07, 6.45) is -4.08. The van der Waals surface area contributed by atoms with Crippen LogP contribution in [0.4, 0.5) is 13.2 Å². The second-order valence-electron chi connectivity index (χ2n) is 9.56. The minimum Gasteiger partial charge on any atom is -0.476 e. The summed E-state index contributed by atoms with van der Waals surface area (Å²) in [5.74, 6) is 0.567. The summed E-state index contributed by atoms with van der Waals surface area (Å²) >= 11 is 0. The van der Waals surface area contributed by atoms with Crippen LogP contribution in [0.15, 0.2) is 42.5 Å². The fourth-order valence-electron chi connectivity index (χ4n) is 4.31. The smallest absolute Gasteiger partial charge is 0.476 e.